The van der Waals surface area contributed by atoms with Crippen molar-refractivity contribution in [2.45, 2.75) is 38.9 Å². The van der Waals surface area contributed by atoms with Crippen molar-refractivity contribution in [2.75, 3.05) is 4.90 Å². The summed E-state index contributed by atoms with van der Waals surface area (Å²) < 4.78 is 26.1. The Balaban J connectivity index is 1.53. The Morgan fingerprint density at radius 1 is 0.636 bits per heavy atom. The molecule has 0 radical (unpaired) electrons. The predicted molar refractivity (Wildman–Crippen MR) is 134 cm³/mol. The van der Waals surface area contributed by atoms with Crippen molar-refractivity contribution in [3.05, 3.63) is 96.8 Å². The van der Waals surface area contributed by atoms with Crippen LogP contribution in [-0.4, -0.2) is 18.3 Å². The number of rotatable bonds is 4. The van der Waals surface area contributed by atoms with Crippen LogP contribution in [0.1, 0.15) is 27.7 Å². The first kappa shape index (κ1) is 21.7. The molecule has 5 rings (SSSR count). The van der Waals surface area contributed by atoms with Gasteiger partial charge in [0.1, 0.15) is 5.82 Å². The Morgan fingerprint density at radius 3 is 1.76 bits per heavy atom. The van der Waals surface area contributed by atoms with Gasteiger partial charge in [0.2, 0.25) is 0 Å². The lowest BCUT2D eigenvalue weighted by atomic mass is 9.79. The van der Waals surface area contributed by atoms with E-state index in [2.05, 4.69) is 75.1 Å². The Hall–Kier alpha value is -3.15. The van der Waals surface area contributed by atoms with E-state index in [1.165, 1.54) is 17.5 Å². The van der Waals surface area contributed by atoms with Crippen LogP contribution >= 0.6 is 0 Å². The van der Waals surface area contributed by atoms with Gasteiger partial charge in [0.15, 0.2) is 0 Å². The second-order valence-electron chi connectivity index (χ2n) is 9.52. The first-order valence-electron chi connectivity index (χ1n) is 11.2. The molecule has 33 heavy (non-hydrogen) atoms. The van der Waals surface area contributed by atoms with E-state index in [1.54, 1.807) is 12.1 Å². The third kappa shape index (κ3) is 4.03. The quantitative estimate of drug-likeness (QED) is 0.329. The molecule has 0 aromatic heterocycles. The Labute approximate surface area is 194 Å². The lowest BCUT2D eigenvalue weighted by Gasteiger charge is -2.32. The summed E-state index contributed by atoms with van der Waals surface area (Å²) in [5.41, 5.74) is 3.05. The molecule has 0 aliphatic carbocycles. The number of halogens is 1. The molecule has 1 heterocycles. The van der Waals surface area contributed by atoms with E-state index in [1.807, 2.05) is 24.3 Å². The second-order valence-corrected chi connectivity index (χ2v) is 9.52. The predicted octanol–water partition coefficient (Wildman–Crippen LogP) is 6.75. The summed E-state index contributed by atoms with van der Waals surface area (Å²) >= 11 is 0. The number of fused-ring (bicyclic) bond motifs is 1. The van der Waals surface area contributed by atoms with Crippen LogP contribution in [-0.2, 0) is 9.31 Å². The summed E-state index contributed by atoms with van der Waals surface area (Å²) in [5, 5.41) is 2.33. The summed E-state index contributed by atoms with van der Waals surface area (Å²) in [6.45, 7) is 8.21. The lowest BCUT2D eigenvalue weighted by Crippen LogP contribution is -2.41. The molecule has 4 aromatic rings. The summed E-state index contributed by atoms with van der Waals surface area (Å²) in [4.78, 5) is 2.12. The molecule has 1 saturated heterocycles. The number of nitrogens with zero attached hydrogens (tertiary/aromatic N) is 1. The molecule has 1 aliphatic rings. The monoisotopic (exact) mass is 439 g/mol. The van der Waals surface area contributed by atoms with Crippen LogP contribution in [0.3, 0.4) is 0 Å². The van der Waals surface area contributed by atoms with E-state index in [0.29, 0.717) is 0 Å². The van der Waals surface area contributed by atoms with Crippen LogP contribution in [0, 0.1) is 5.82 Å². The van der Waals surface area contributed by atoms with Crippen LogP contribution in [0.5, 0.6) is 0 Å². The highest BCUT2D eigenvalue weighted by Gasteiger charge is 2.51. The SMILES string of the molecule is CC1(C)OB(c2ccc(N(c3ccc(F)cc3)c3ccc4ccccc4c3)cc2)OC1(C)C. The fourth-order valence-corrected chi connectivity index (χ4v) is 4.11. The highest BCUT2D eigenvalue weighted by Crippen LogP contribution is 2.38. The molecule has 0 bridgehead atoms. The molecule has 4 aromatic carbocycles. The first-order valence-corrected chi connectivity index (χ1v) is 11.2. The van der Waals surface area contributed by atoms with Gasteiger partial charge in [0.25, 0.3) is 0 Å². The maximum absolute atomic E-state index is 13.7. The van der Waals surface area contributed by atoms with Crippen molar-refractivity contribution < 1.29 is 13.7 Å². The van der Waals surface area contributed by atoms with Gasteiger partial charge < -0.3 is 14.2 Å². The van der Waals surface area contributed by atoms with Crippen molar-refractivity contribution in [1.29, 1.82) is 0 Å². The summed E-state index contributed by atoms with van der Waals surface area (Å²) in [6, 6.07) is 29.4. The lowest BCUT2D eigenvalue weighted by molar-refractivity contribution is 0.00578. The van der Waals surface area contributed by atoms with E-state index in [4.69, 9.17) is 9.31 Å². The van der Waals surface area contributed by atoms with Gasteiger partial charge in [0.05, 0.1) is 11.2 Å². The molecule has 0 N–H and O–H groups in total. The fourth-order valence-electron chi connectivity index (χ4n) is 4.11. The smallest absolute Gasteiger partial charge is 0.399 e. The molecule has 0 saturated carbocycles. The number of anilines is 3. The molecule has 1 fully saturated rings. The van der Waals surface area contributed by atoms with E-state index in [9.17, 15) is 4.39 Å². The van der Waals surface area contributed by atoms with Crippen molar-refractivity contribution in [3.63, 3.8) is 0 Å². The van der Waals surface area contributed by atoms with Gasteiger partial charge in [0, 0.05) is 17.1 Å². The summed E-state index contributed by atoms with van der Waals surface area (Å²) in [5.74, 6) is -0.256. The topological polar surface area (TPSA) is 21.7 Å². The van der Waals surface area contributed by atoms with Crippen LogP contribution in [0.15, 0.2) is 91.0 Å². The van der Waals surface area contributed by atoms with Crippen molar-refractivity contribution in [2.24, 2.45) is 0 Å². The number of hydrogen-bond acceptors (Lipinski definition) is 3. The normalized spacial score (nSPS) is 16.8. The number of benzene rings is 4. The molecule has 0 amide bonds. The van der Waals surface area contributed by atoms with Crippen LogP contribution in [0.2, 0.25) is 0 Å². The molecule has 166 valence electrons. The first-order chi connectivity index (χ1) is 15.7. The average Bonchev–Trinajstić information content (AvgIpc) is 3.02. The zero-order valence-corrected chi connectivity index (χ0v) is 19.4. The van der Waals surface area contributed by atoms with E-state index in [0.717, 1.165) is 27.9 Å². The van der Waals surface area contributed by atoms with Crippen LogP contribution in [0.4, 0.5) is 21.5 Å². The van der Waals surface area contributed by atoms with Crippen molar-refractivity contribution >= 4 is 40.4 Å². The van der Waals surface area contributed by atoms with Crippen LogP contribution in [0.25, 0.3) is 10.8 Å². The van der Waals surface area contributed by atoms with Gasteiger partial charge >= 0.3 is 7.12 Å². The van der Waals surface area contributed by atoms with Gasteiger partial charge in [-0.15, -0.1) is 0 Å². The van der Waals surface area contributed by atoms with Crippen molar-refractivity contribution in [3.8, 4) is 0 Å². The fraction of sp³-hybridized carbons (Fsp3) is 0.214. The van der Waals surface area contributed by atoms with Gasteiger partial charge in [-0.1, -0.05) is 42.5 Å². The molecule has 0 atom stereocenters. The second kappa shape index (κ2) is 8.01. The van der Waals surface area contributed by atoms with E-state index >= 15 is 0 Å². The minimum absolute atomic E-state index is 0.256. The maximum Gasteiger partial charge on any atom is 0.494 e. The summed E-state index contributed by atoms with van der Waals surface area (Å²) in [6.07, 6.45) is 0. The van der Waals surface area contributed by atoms with Gasteiger partial charge in [-0.05, 0) is 92.5 Å². The van der Waals surface area contributed by atoms with Crippen molar-refractivity contribution in [1.82, 2.24) is 0 Å². The van der Waals surface area contributed by atoms with E-state index < -0.39 is 7.12 Å². The molecular formula is C28H27BFNO2. The highest BCUT2D eigenvalue weighted by atomic mass is 19.1. The van der Waals surface area contributed by atoms with Gasteiger partial charge in [-0.25, -0.2) is 4.39 Å². The minimum Gasteiger partial charge on any atom is -0.399 e. The highest BCUT2D eigenvalue weighted by molar-refractivity contribution is 6.62. The Morgan fingerprint density at radius 2 is 1.15 bits per heavy atom. The van der Waals surface area contributed by atoms with Gasteiger partial charge in [-0.2, -0.15) is 0 Å². The standard InChI is InChI=1S/C28H27BFNO2/c1-27(2)28(3,4)33-29(32-27)22-10-15-24(16-11-22)31(25-17-12-23(30)13-18-25)26-14-9-20-7-5-6-8-21(20)19-26/h5-19H,1-4H3. The average molecular weight is 439 g/mol. The zero-order valence-electron chi connectivity index (χ0n) is 19.4. The minimum atomic E-state index is -0.413. The van der Waals surface area contributed by atoms with Gasteiger partial charge in [-0.3, -0.25) is 0 Å². The third-order valence-electron chi connectivity index (χ3n) is 6.75. The zero-order chi connectivity index (χ0) is 23.2. The summed E-state index contributed by atoms with van der Waals surface area (Å²) in [7, 11) is -0.413. The Kier molecular flexibility index (Phi) is 5.27. The third-order valence-corrected chi connectivity index (χ3v) is 6.75. The Bertz CT molecular complexity index is 1270. The molecule has 0 spiro atoms. The molecule has 1 aliphatic heterocycles. The molecular weight excluding hydrogens is 412 g/mol. The largest absolute Gasteiger partial charge is 0.494 e. The number of hydrogen-bond donors (Lipinski definition) is 0. The van der Waals surface area contributed by atoms with Crippen LogP contribution < -0.4 is 10.4 Å². The maximum atomic E-state index is 13.7. The molecule has 0 unspecified atom stereocenters. The molecule has 3 nitrogen and oxygen atoms in total. The van der Waals surface area contributed by atoms with E-state index in [-0.39, 0.29) is 17.0 Å². The molecule has 5 heteroatoms.